The Morgan fingerprint density at radius 3 is 2.30 bits per heavy atom. The lowest BCUT2D eigenvalue weighted by molar-refractivity contribution is 0.547. The standard InChI is InChI=1S/C16H16BrF2N/c1-9-4-5-11(17)7-12(9)16(20-3)13-6-10(2)14(18)8-15(13)19/h4-8,16,20H,1-3H3. The van der Waals surface area contributed by atoms with E-state index in [-0.39, 0.29) is 6.04 Å². The molecule has 0 radical (unpaired) electrons. The molecule has 0 fully saturated rings. The Balaban J connectivity index is 2.58. The molecule has 0 aliphatic heterocycles. The molecule has 2 aromatic rings. The summed E-state index contributed by atoms with van der Waals surface area (Å²) in [5.74, 6) is -1.06. The first-order valence-corrected chi connectivity index (χ1v) is 7.12. The van der Waals surface area contributed by atoms with E-state index in [4.69, 9.17) is 0 Å². The Labute approximate surface area is 126 Å². The van der Waals surface area contributed by atoms with Crippen LogP contribution in [0, 0.1) is 25.5 Å². The molecular formula is C16H16BrF2N. The molecule has 106 valence electrons. The zero-order valence-electron chi connectivity index (χ0n) is 11.6. The SMILES string of the molecule is CNC(c1cc(Br)ccc1C)c1cc(C)c(F)cc1F. The van der Waals surface area contributed by atoms with Crippen LogP contribution in [0.15, 0.2) is 34.8 Å². The second kappa shape index (κ2) is 6.02. The zero-order chi connectivity index (χ0) is 14.9. The first-order chi connectivity index (χ1) is 9.43. The van der Waals surface area contributed by atoms with Gasteiger partial charge in [0.15, 0.2) is 0 Å². The lowest BCUT2D eigenvalue weighted by Crippen LogP contribution is -2.20. The summed E-state index contributed by atoms with van der Waals surface area (Å²) in [5, 5.41) is 3.11. The third-order valence-electron chi connectivity index (χ3n) is 3.43. The van der Waals surface area contributed by atoms with Crippen LogP contribution in [0.2, 0.25) is 0 Å². The highest BCUT2D eigenvalue weighted by molar-refractivity contribution is 9.10. The predicted octanol–water partition coefficient (Wildman–Crippen LogP) is 4.65. The normalized spacial score (nSPS) is 12.5. The number of hydrogen-bond donors (Lipinski definition) is 1. The van der Waals surface area contributed by atoms with Crippen molar-refractivity contribution in [1.29, 1.82) is 0 Å². The van der Waals surface area contributed by atoms with Crippen molar-refractivity contribution in [2.24, 2.45) is 0 Å². The molecule has 0 spiro atoms. The van der Waals surface area contributed by atoms with Crippen molar-refractivity contribution >= 4 is 15.9 Å². The van der Waals surface area contributed by atoms with Crippen LogP contribution < -0.4 is 5.32 Å². The molecule has 1 unspecified atom stereocenters. The topological polar surface area (TPSA) is 12.0 Å². The molecule has 4 heteroatoms. The Bertz CT molecular complexity index is 641. The van der Waals surface area contributed by atoms with Gasteiger partial charge in [-0.1, -0.05) is 22.0 Å². The van der Waals surface area contributed by atoms with Crippen molar-refractivity contribution in [2.75, 3.05) is 7.05 Å². The summed E-state index contributed by atoms with van der Waals surface area (Å²) in [6, 6.07) is 8.06. The van der Waals surface area contributed by atoms with E-state index in [0.717, 1.165) is 21.7 Å². The Hall–Kier alpha value is -1.26. The van der Waals surface area contributed by atoms with Crippen molar-refractivity contribution in [3.05, 3.63) is 68.7 Å². The van der Waals surface area contributed by atoms with Gasteiger partial charge in [-0.05, 0) is 55.8 Å². The van der Waals surface area contributed by atoms with E-state index < -0.39 is 11.6 Å². The molecule has 1 nitrogen and oxygen atoms in total. The molecule has 0 saturated heterocycles. The van der Waals surface area contributed by atoms with Gasteiger partial charge in [0.25, 0.3) is 0 Å². The van der Waals surface area contributed by atoms with Crippen molar-refractivity contribution in [3.8, 4) is 0 Å². The minimum absolute atomic E-state index is 0.313. The third kappa shape index (κ3) is 2.91. The van der Waals surface area contributed by atoms with Crippen LogP contribution in [-0.4, -0.2) is 7.05 Å². The first-order valence-electron chi connectivity index (χ1n) is 6.33. The summed E-state index contributed by atoms with van der Waals surface area (Å²) < 4.78 is 28.4. The van der Waals surface area contributed by atoms with Gasteiger partial charge in [0.2, 0.25) is 0 Å². The average molecular weight is 340 g/mol. The van der Waals surface area contributed by atoms with Gasteiger partial charge in [-0.25, -0.2) is 8.78 Å². The fourth-order valence-electron chi connectivity index (χ4n) is 2.30. The second-order valence-corrected chi connectivity index (χ2v) is 5.76. The molecule has 0 heterocycles. The van der Waals surface area contributed by atoms with Crippen LogP contribution in [0.5, 0.6) is 0 Å². The average Bonchev–Trinajstić information content (AvgIpc) is 2.40. The van der Waals surface area contributed by atoms with Crippen molar-refractivity contribution in [1.82, 2.24) is 5.32 Å². The van der Waals surface area contributed by atoms with Crippen molar-refractivity contribution in [2.45, 2.75) is 19.9 Å². The molecule has 0 aliphatic carbocycles. The smallest absolute Gasteiger partial charge is 0.131 e. The molecule has 0 saturated carbocycles. The number of halogens is 3. The highest BCUT2D eigenvalue weighted by Gasteiger charge is 2.19. The lowest BCUT2D eigenvalue weighted by atomic mass is 9.93. The molecule has 2 rings (SSSR count). The van der Waals surface area contributed by atoms with Crippen LogP contribution >= 0.6 is 15.9 Å². The largest absolute Gasteiger partial charge is 0.309 e. The Morgan fingerprint density at radius 1 is 0.950 bits per heavy atom. The minimum atomic E-state index is -0.535. The van der Waals surface area contributed by atoms with Crippen LogP contribution in [-0.2, 0) is 0 Å². The number of nitrogens with one attached hydrogen (secondary N) is 1. The van der Waals surface area contributed by atoms with E-state index in [9.17, 15) is 8.78 Å². The summed E-state index contributed by atoms with van der Waals surface area (Å²) in [4.78, 5) is 0. The second-order valence-electron chi connectivity index (χ2n) is 4.85. The van der Waals surface area contributed by atoms with Crippen molar-refractivity contribution < 1.29 is 8.78 Å². The van der Waals surface area contributed by atoms with E-state index in [1.165, 1.54) is 0 Å². The molecule has 1 atom stereocenters. The molecule has 0 bridgehead atoms. The van der Waals surface area contributed by atoms with E-state index in [0.29, 0.717) is 11.1 Å². The van der Waals surface area contributed by atoms with Crippen LogP contribution in [0.1, 0.15) is 28.3 Å². The highest BCUT2D eigenvalue weighted by Crippen LogP contribution is 2.30. The molecule has 20 heavy (non-hydrogen) atoms. The van der Waals surface area contributed by atoms with Crippen LogP contribution in [0.3, 0.4) is 0 Å². The molecule has 0 aliphatic rings. The molecule has 0 aromatic heterocycles. The number of benzene rings is 2. The van der Waals surface area contributed by atoms with Gasteiger partial charge in [-0.15, -0.1) is 0 Å². The van der Waals surface area contributed by atoms with Crippen molar-refractivity contribution in [3.63, 3.8) is 0 Å². The fraction of sp³-hybridized carbons (Fsp3) is 0.250. The Morgan fingerprint density at radius 2 is 1.65 bits per heavy atom. The van der Waals surface area contributed by atoms with E-state index >= 15 is 0 Å². The fourth-order valence-corrected chi connectivity index (χ4v) is 2.68. The molecule has 0 amide bonds. The highest BCUT2D eigenvalue weighted by atomic mass is 79.9. The molecule has 1 N–H and O–H groups in total. The van der Waals surface area contributed by atoms with Crippen LogP contribution in [0.4, 0.5) is 8.78 Å². The van der Waals surface area contributed by atoms with Gasteiger partial charge < -0.3 is 5.32 Å². The molecular weight excluding hydrogens is 324 g/mol. The van der Waals surface area contributed by atoms with Gasteiger partial charge in [0, 0.05) is 16.1 Å². The van der Waals surface area contributed by atoms with Gasteiger partial charge in [-0.2, -0.15) is 0 Å². The maximum Gasteiger partial charge on any atom is 0.131 e. The van der Waals surface area contributed by atoms with Gasteiger partial charge in [0.1, 0.15) is 11.6 Å². The minimum Gasteiger partial charge on any atom is -0.309 e. The predicted molar refractivity (Wildman–Crippen MR) is 80.9 cm³/mol. The van der Waals surface area contributed by atoms with Gasteiger partial charge >= 0.3 is 0 Å². The maximum atomic E-state index is 14.1. The number of aryl methyl sites for hydroxylation is 2. The van der Waals surface area contributed by atoms with E-state index in [1.807, 2.05) is 25.1 Å². The number of rotatable bonds is 3. The van der Waals surface area contributed by atoms with E-state index in [2.05, 4.69) is 21.2 Å². The van der Waals surface area contributed by atoms with Gasteiger partial charge in [-0.3, -0.25) is 0 Å². The monoisotopic (exact) mass is 339 g/mol. The summed E-state index contributed by atoms with van der Waals surface area (Å²) in [6.07, 6.45) is 0. The lowest BCUT2D eigenvalue weighted by Gasteiger charge is -2.21. The summed E-state index contributed by atoms with van der Waals surface area (Å²) in [7, 11) is 1.77. The zero-order valence-corrected chi connectivity index (χ0v) is 13.2. The summed E-state index contributed by atoms with van der Waals surface area (Å²) in [5.41, 5.74) is 2.91. The Kier molecular flexibility index (Phi) is 4.55. The summed E-state index contributed by atoms with van der Waals surface area (Å²) >= 11 is 3.43. The van der Waals surface area contributed by atoms with Gasteiger partial charge in [0.05, 0.1) is 6.04 Å². The maximum absolute atomic E-state index is 14.1. The summed E-state index contributed by atoms with van der Waals surface area (Å²) in [6.45, 7) is 3.61. The van der Waals surface area contributed by atoms with E-state index in [1.54, 1.807) is 20.0 Å². The quantitative estimate of drug-likeness (QED) is 0.857. The van der Waals surface area contributed by atoms with Crippen LogP contribution in [0.25, 0.3) is 0 Å². The first kappa shape index (κ1) is 15.1. The third-order valence-corrected chi connectivity index (χ3v) is 3.92. The molecule has 2 aromatic carbocycles. The number of hydrogen-bond acceptors (Lipinski definition) is 1.